The molecular weight excluding hydrogens is 287 g/mol. The smallest absolute Gasteiger partial charge is 0.143 e. The van der Waals surface area contributed by atoms with Crippen molar-refractivity contribution in [2.45, 2.75) is 25.5 Å². The van der Waals surface area contributed by atoms with E-state index in [-0.39, 0.29) is 0 Å². The van der Waals surface area contributed by atoms with Crippen molar-refractivity contribution in [3.63, 3.8) is 0 Å². The van der Waals surface area contributed by atoms with Gasteiger partial charge >= 0.3 is 0 Å². The Kier molecular flexibility index (Phi) is 6.89. The zero-order valence-corrected chi connectivity index (χ0v) is 12.6. The molecule has 4 N–H and O–H groups in total. The lowest BCUT2D eigenvalue weighted by molar-refractivity contribution is 0.137. The summed E-state index contributed by atoms with van der Waals surface area (Å²) in [5, 5.41) is 14.1. The third-order valence-corrected chi connectivity index (χ3v) is 3.28. The number of rotatable bonds is 7. The number of ether oxygens (including phenoxy) is 1. The van der Waals surface area contributed by atoms with Gasteiger partial charge in [0.05, 0.1) is 17.7 Å². The van der Waals surface area contributed by atoms with Gasteiger partial charge in [-0.3, -0.25) is 0 Å². The second-order valence-electron chi connectivity index (χ2n) is 4.24. The van der Waals surface area contributed by atoms with E-state index in [9.17, 15) is 5.11 Å². The Morgan fingerprint density at radius 2 is 2.11 bits per heavy atom. The van der Waals surface area contributed by atoms with Crippen molar-refractivity contribution in [2.24, 2.45) is 5.73 Å². The summed E-state index contributed by atoms with van der Waals surface area (Å²) in [6, 6.07) is 2.81. The molecule has 0 saturated heterocycles. The fourth-order valence-electron chi connectivity index (χ4n) is 1.80. The topological polar surface area (TPSA) is 67.5 Å². The van der Waals surface area contributed by atoms with Gasteiger partial charge in [-0.2, -0.15) is 0 Å². The molecule has 6 heteroatoms. The predicted molar refractivity (Wildman–Crippen MR) is 79.1 cm³/mol. The first-order valence-corrected chi connectivity index (χ1v) is 6.96. The van der Waals surface area contributed by atoms with E-state index in [2.05, 4.69) is 5.32 Å². The first-order chi connectivity index (χ1) is 9.01. The van der Waals surface area contributed by atoms with Crippen LogP contribution in [0.4, 0.5) is 0 Å². The highest BCUT2D eigenvalue weighted by Crippen LogP contribution is 2.37. The number of benzene rings is 1. The van der Waals surface area contributed by atoms with E-state index in [1.54, 1.807) is 12.1 Å². The minimum atomic E-state index is -0.869. The van der Waals surface area contributed by atoms with Crippen LogP contribution in [0.25, 0.3) is 0 Å². The number of halogens is 2. The average Bonchev–Trinajstić information content (AvgIpc) is 2.38. The Bertz CT molecular complexity index is 416. The van der Waals surface area contributed by atoms with Crippen LogP contribution < -0.4 is 15.8 Å². The standard InChI is InChI=1S/C13H20Cl2N2O2/c1-3-19-13-9(6-8(14)7-10(13)15)12(18)11(16)4-5-17-2/h6-7,11-12,17-18H,3-5,16H2,1-2H3. The van der Waals surface area contributed by atoms with Crippen LogP contribution in [0.2, 0.25) is 10.0 Å². The van der Waals surface area contributed by atoms with Crippen LogP contribution in [0.15, 0.2) is 12.1 Å². The van der Waals surface area contributed by atoms with Crippen LogP contribution in [-0.4, -0.2) is 31.3 Å². The molecule has 0 radical (unpaired) electrons. The molecule has 0 saturated carbocycles. The molecular formula is C13H20Cl2N2O2. The molecule has 0 amide bonds. The molecule has 0 aromatic heterocycles. The highest BCUT2D eigenvalue weighted by Gasteiger charge is 2.22. The summed E-state index contributed by atoms with van der Waals surface area (Å²) >= 11 is 12.1. The number of hydrogen-bond acceptors (Lipinski definition) is 4. The summed E-state index contributed by atoms with van der Waals surface area (Å²) in [4.78, 5) is 0. The van der Waals surface area contributed by atoms with E-state index in [1.807, 2.05) is 14.0 Å². The summed E-state index contributed by atoms with van der Waals surface area (Å²) in [6.45, 7) is 3.02. The largest absolute Gasteiger partial charge is 0.492 e. The van der Waals surface area contributed by atoms with Crippen molar-refractivity contribution in [3.05, 3.63) is 27.7 Å². The molecule has 4 nitrogen and oxygen atoms in total. The Labute approximate surface area is 123 Å². The molecule has 0 heterocycles. The number of aliphatic hydroxyl groups is 1. The fourth-order valence-corrected chi connectivity index (χ4v) is 2.36. The molecule has 1 aromatic rings. The maximum atomic E-state index is 10.3. The normalized spacial score (nSPS) is 14.2. The van der Waals surface area contributed by atoms with Gasteiger partial charge in [0, 0.05) is 16.6 Å². The van der Waals surface area contributed by atoms with Gasteiger partial charge in [-0.15, -0.1) is 0 Å². The van der Waals surface area contributed by atoms with E-state index in [4.69, 9.17) is 33.7 Å². The van der Waals surface area contributed by atoms with Gasteiger partial charge in [0.1, 0.15) is 5.75 Å². The number of nitrogens with one attached hydrogen (secondary N) is 1. The molecule has 1 aromatic carbocycles. The molecule has 2 atom stereocenters. The summed E-state index contributed by atoms with van der Waals surface area (Å²) in [5.41, 5.74) is 6.50. The zero-order chi connectivity index (χ0) is 14.4. The van der Waals surface area contributed by atoms with Gasteiger partial charge < -0.3 is 20.9 Å². The van der Waals surface area contributed by atoms with Gasteiger partial charge in [-0.25, -0.2) is 0 Å². The van der Waals surface area contributed by atoms with Gasteiger partial charge in [0.15, 0.2) is 0 Å². The Morgan fingerprint density at radius 1 is 1.42 bits per heavy atom. The molecule has 0 fully saturated rings. The second kappa shape index (κ2) is 7.92. The monoisotopic (exact) mass is 306 g/mol. The summed E-state index contributed by atoms with van der Waals surface area (Å²) in [6.07, 6.45) is -0.237. The number of aliphatic hydroxyl groups excluding tert-OH is 1. The SMILES string of the molecule is CCOc1c(Cl)cc(Cl)cc1C(O)C(N)CCNC. The van der Waals surface area contributed by atoms with Crippen LogP contribution in [0.1, 0.15) is 25.0 Å². The maximum absolute atomic E-state index is 10.3. The van der Waals surface area contributed by atoms with Crippen molar-refractivity contribution >= 4 is 23.2 Å². The van der Waals surface area contributed by atoms with Crippen LogP contribution in [0.3, 0.4) is 0 Å². The molecule has 0 spiro atoms. The van der Waals surface area contributed by atoms with Crippen LogP contribution in [0.5, 0.6) is 5.75 Å². The van der Waals surface area contributed by atoms with Gasteiger partial charge in [0.25, 0.3) is 0 Å². The lowest BCUT2D eigenvalue weighted by atomic mass is 9.99. The lowest BCUT2D eigenvalue weighted by Crippen LogP contribution is -2.31. The van der Waals surface area contributed by atoms with E-state index < -0.39 is 12.1 Å². The number of hydrogen-bond donors (Lipinski definition) is 3. The molecule has 1 rings (SSSR count). The first kappa shape index (κ1) is 16.5. The zero-order valence-electron chi connectivity index (χ0n) is 11.1. The third kappa shape index (κ3) is 4.51. The van der Waals surface area contributed by atoms with Crippen molar-refractivity contribution in [3.8, 4) is 5.75 Å². The summed E-state index contributed by atoms with van der Waals surface area (Å²) in [7, 11) is 1.83. The second-order valence-corrected chi connectivity index (χ2v) is 5.08. The maximum Gasteiger partial charge on any atom is 0.143 e. The quantitative estimate of drug-likeness (QED) is 0.723. The van der Waals surface area contributed by atoms with E-state index in [0.717, 1.165) is 6.54 Å². The summed E-state index contributed by atoms with van der Waals surface area (Å²) in [5.74, 6) is 0.445. The molecule has 0 aliphatic carbocycles. The minimum Gasteiger partial charge on any atom is -0.492 e. The highest BCUT2D eigenvalue weighted by molar-refractivity contribution is 6.35. The van der Waals surface area contributed by atoms with Gasteiger partial charge in [0.2, 0.25) is 0 Å². The average molecular weight is 307 g/mol. The number of nitrogens with two attached hydrogens (primary N) is 1. The van der Waals surface area contributed by atoms with E-state index >= 15 is 0 Å². The third-order valence-electron chi connectivity index (χ3n) is 2.78. The van der Waals surface area contributed by atoms with Crippen LogP contribution >= 0.6 is 23.2 Å². The highest BCUT2D eigenvalue weighted by atomic mass is 35.5. The molecule has 2 unspecified atom stereocenters. The first-order valence-electron chi connectivity index (χ1n) is 6.21. The van der Waals surface area contributed by atoms with Crippen molar-refractivity contribution in [2.75, 3.05) is 20.2 Å². The summed E-state index contributed by atoms with van der Waals surface area (Å²) < 4.78 is 5.48. The predicted octanol–water partition coefficient (Wildman–Crippen LogP) is 2.36. The molecule has 0 aliphatic heterocycles. The Balaban J connectivity index is 3.02. The van der Waals surface area contributed by atoms with Crippen LogP contribution in [0, 0.1) is 0 Å². The van der Waals surface area contributed by atoms with Crippen LogP contribution in [-0.2, 0) is 0 Å². The molecule has 19 heavy (non-hydrogen) atoms. The molecule has 0 bridgehead atoms. The Hall–Kier alpha value is -0.520. The van der Waals surface area contributed by atoms with E-state index in [1.165, 1.54) is 0 Å². The van der Waals surface area contributed by atoms with Gasteiger partial charge in [-0.05, 0) is 39.1 Å². The van der Waals surface area contributed by atoms with Crippen molar-refractivity contribution < 1.29 is 9.84 Å². The molecule has 108 valence electrons. The minimum absolute atomic E-state index is 0.379. The fraction of sp³-hybridized carbons (Fsp3) is 0.538. The molecule has 0 aliphatic rings. The van der Waals surface area contributed by atoms with E-state index in [0.29, 0.717) is 34.4 Å². The van der Waals surface area contributed by atoms with Crippen molar-refractivity contribution in [1.82, 2.24) is 5.32 Å². The van der Waals surface area contributed by atoms with Crippen molar-refractivity contribution in [1.29, 1.82) is 0 Å². The Morgan fingerprint density at radius 3 is 2.68 bits per heavy atom. The van der Waals surface area contributed by atoms with Gasteiger partial charge in [-0.1, -0.05) is 23.2 Å². The lowest BCUT2D eigenvalue weighted by Gasteiger charge is -2.22.